The maximum absolute atomic E-state index is 15.6. The lowest BCUT2D eigenvalue weighted by Gasteiger charge is -2.39. The van der Waals surface area contributed by atoms with Crippen LogP contribution in [0.5, 0.6) is 11.5 Å². The van der Waals surface area contributed by atoms with Crippen molar-refractivity contribution in [2.24, 2.45) is 0 Å². The molecule has 0 aliphatic carbocycles. The highest BCUT2D eigenvalue weighted by molar-refractivity contribution is 5.99. The minimum absolute atomic E-state index is 0.0525. The number of fused-ring (bicyclic) bond motifs is 1. The Labute approximate surface area is 269 Å². The Balaban J connectivity index is 1.29. The summed E-state index contributed by atoms with van der Waals surface area (Å²) >= 11 is 0. The predicted octanol–water partition coefficient (Wildman–Crippen LogP) is 5.01. The van der Waals surface area contributed by atoms with E-state index in [1.165, 1.54) is 30.6 Å². The Morgan fingerprint density at radius 1 is 1.13 bits per heavy atom. The zero-order valence-corrected chi connectivity index (χ0v) is 25.9. The third-order valence-corrected chi connectivity index (χ3v) is 8.56. The number of nitriles is 1. The summed E-state index contributed by atoms with van der Waals surface area (Å²) in [6.07, 6.45) is 4.29. The number of rotatable bonds is 7. The predicted molar refractivity (Wildman–Crippen MR) is 167 cm³/mol. The first-order valence-corrected chi connectivity index (χ1v) is 15.2. The molecule has 4 aromatic rings. The van der Waals surface area contributed by atoms with Crippen LogP contribution in [-0.4, -0.2) is 80.4 Å². The highest BCUT2D eigenvalue weighted by Gasteiger charge is 2.33. The molecule has 0 saturated carbocycles. The number of amides is 1. The average molecular weight is 647 g/mol. The van der Waals surface area contributed by atoms with Crippen molar-refractivity contribution >= 4 is 22.8 Å². The maximum atomic E-state index is 15.6. The Hall–Kier alpha value is -5.00. The van der Waals surface area contributed by atoms with Gasteiger partial charge in [-0.3, -0.25) is 9.69 Å². The molecular weight excluding hydrogens is 613 g/mol. The molecule has 1 atom stereocenters. The number of hydrogen-bond acceptors (Lipinski definition) is 9. The van der Waals surface area contributed by atoms with Crippen LogP contribution >= 0.6 is 0 Å². The molecule has 6 rings (SSSR count). The third-order valence-electron chi connectivity index (χ3n) is 8.56. The van der Waals surface area contributed by atoms with Crippen LogP contribution < -0.4 is 10.5 Å². The molecule has 2 aromatic heterocycles. The second-order valence-corrected chi connectivity index (χ2v) is 12.0. The first-order valence-electron chi connectivity index (χ1n) is 15.2. The van der Waals surface area contributed by atoms with Gasteiger partial charge in [0.05, 0.1) is 24.6 Å². The number of anilines is 1. The van der Waals surface area contributed by atoms with Crippen molar-refractivity contribution in [3.8, 4) is 28.8 Å². The van der Waals surface area contributed by atoms with Gasteiger partial charge >= 0.3 is 0 Å². The molecule has 14 heteroatoms. The van der Waals surface area contributed by atoms with Gasteiger partial charge in [0.15, 0.2) is 17.2 Å². The minimum Gasteiger partial charge on any atom is -0.454 e. The lowest BCUT2D eigenvalue weighted by molar-refractivity contribution is -0.128. The molecule has 47 heavy (non-hydrogen) atoms. The van der Waals surface area contributed by atoms with E-state index >= 15 is 4.39 Å². The SMILES string of the molecule is CC(C)(/C=C(\C#N)C(=O)N1CCC[C@H](n2nc(-c3ccc(Oc4cccc(F)c4F)cc3F)c3c(N)ncnc32)C1)N1CCOCC1. The van der Waals surface area contributed by atoms with Gasteiger partial charge < -0.3 is 20.1 Å². The van der Waals surface area contributed by atoms with Crippen molar-refractivity contribution < 1.29 is 27.4 Å². The van der Waals surface area contributed by atoms with Crippen molar-refractivity contribution in [1.82, 2.24) is 29.5 Å². The number of ether oxygens (including phenoxy) is 2. The number of aromatic nitrogens is 4. The summed E-state index contributed by atoms with van der Waals surface area (Å²) in [6, 6.07) is 9.06. The van der Waals surface area contributed by atoms with Gasteiger partial charge in [-0.05, 0) is 57.0 Å². The van der Waals surface area contributed by atoms with Crippen LogP contribution in [0.4, 0.5) is 19.0 Å². The molecular formula is C33H33F3N8O3. The number of morpholine rings is 1. The van der Waals surface area contributed by atoms with Gasteiger partial charge in [0, 0.05) is 43.3 Å². The van der Waals surface area contributed by atoms with Crippen LogP contribution in [0.2, 0.25) is 0 Å². The van der Waals surface area contributed by atoms with Crippen LogP contribution in [-0.2, 0) is 9.53 Å². The van der Waals surface area contributed by atoms with Crippen molar-refractivity contribution in [3.05, 3.63) is 71.8 Å². The Morgan fingerprint density at radius 2 is 1.91 bits per heavy atom. The van der Waals surface area contributed by atoms with Crippen LogP contribution in [0.3, 0.4) is 0 Å². The van der Waals surface area contributed by atoms with Gasteiger partial charge in [0.1, 0.15) is 41.0 Å². The van der Waals surface area contributed by atoms with Gasteiger partial charge in [-0.25, -0.2) is 23.4 Å². The molecule has 1 amide bonds. The molecule has 0 unspecified atom stereocenters. The molecule has 0 spiro atoms. The van der Waals surface area contributed by atoms with E-state index in [1.807, 2.05) is 13.8 Å². The first-order chi connectivity index (χ1) is 22.6. The van der Waals surface area contributed by atoms with E-state index in [9.17, 15) is 18.8 Å². The average Bonchev–Trinajstić information content (AvgIpc) is 3.47. The number of halogens is 3. The summed E-state index contributed by atoms with van der Waals surface area (Å²) in [4.78, 5) is 26.0. The second-order valence-electron chi connectivity index (χ2n) is 12.0. The number of hydrogen-bond donors (Lipinski definition) is 1. The molecule has 2 fully saturated rings. The number of benzene rings is 2. The van der Waals surface area contributed by atoms with E-state index in [-0.39, 0.29) is 52.6 Å². The summed E-state index contributed by atoms with van der Waals surface area (Å²) in [5, 5.41) is 15.0. The van der Waals surface area contributed by atoms with Gasteiger partial charge in [-0.2, -0.15) is 14.8 Å². The Morgan fingerprint density at radius 3 is 2.66 bits per heavy atom. The normalized spacial score (nSPS) is 17.9. The van der Waals surface area contributed by atoms with Crippen LogP contribution in [0.25, 0.3) is 22.3 Å². The van der Waals surface area contributed by atoms with Crippen LogP contribution in [0, 0.1) is 28.8 Å². The minimum atomic E-state index is -1.19. The number of nitrogens with two attached hydrogens (primary N) is 1. The summed E-state index contributed by atoms with van der Waals surface area (Å²) in [5.74, 6) is -3.76. The second kappa shape index (κ2) is 13.0. The number of nitrogens with zero attached hydrogens (tertiary/aromatic N) is 7. The van der Waals surface area contributed by atoms with Gasteiger partial charge in [-0.15, -0.1) is 0 Å². The Kier molecular flexibility index (Phi) is 8.85. The monoisotopic (exact) mass is 646 g/mol. The fourth-order valence-electron chi connectivity index (χ4n) is 6.11. The number of piperidine rings is 1. The summed E-state index contributed by atoms with van der Waals surface area (Å²) in [5.41, 5.74) is 6.38. The lowest BCUT2D eigenvalue weighted by Crippen LogP contribution is -2.49. The van der Waals surface area contributed by atoms with Crippen molar-refractivity contribution in [2.75, 3.05) is 45.1 Å². The zero-order chi connectivity index (χ0) is 33.3. The molecule has 4 heterocycles. The summed E-state index contributed by atoms with van der Waals surface area (Å²) in [7, 11) is 0. The lowest BCUT2D eigenvalue weighted by atomic mass is 9.97. The van der Waals surface area contributed by atoms with Crippen LogP contribution in [0.1, 0.15) is 32.7 Å². The third kappa shape index (κ3) is 6.36. The number of carbonyl (C=O) groups is 1. The fourth-order valence-corrected chi connectivity index (χ4v) is 6.11. The summed E-state index contributed by atoms with van der Waals surface area (Å²) in [6.45, 7) is 7.22. The first kappa shape index (κ1) is 32.0. The van der Waals surface area contributed by atoms with Gasteiger partial charge in [-0.1, -0.05) is 6.07 Å². The van der Waals surface area contributed by atoms with E-state index in [0.29, 0.717) is 56.7 Å². The maximum Gasteiger partial charge on any atom is 0.264 e. The highest BCUT2D eigenvalue weighted by atomic mass is 19.2. The Bertz CT molecular complexity index is 1900. The number of carbonyl (C=O) groups excluding carboxylic acids is 1. The van der Waals surface area contributed by atoms with Gasteiger partial charge in [0.25, 0.3) is 5.91 Å². The summed E-state index contributed by atoms with van der Waals surface area (Å²) < 4.78 is 55.9. The smallest absolute Gasteiger partial charge is 0.264 e. The highest BCUT2D eigenvalue weighted by Crippen LogP contribution is 2.37. The molecule has 2 aliphatic rings. The van der Waals surface area contributed by atoms with Crippen molar-refractivity contribution in [1.29, 1.82) is 5.26 Å². The molecule has 2 aliphatic heterocycles. The van der Waals surface area contributed by atoms with Crippen molar-refractivity contribution in [3.63, 3.8) is 0 Å². The van der Waals surface area contributed by atoms with Gasteiger partial charge in [0.2, 0.25) is 5.82 Å². The fraction of sp³-hybridized carbons (Fsp3) is 0.364. The van der Waals surface area contributed by atoms with E-state index in [4.69, 9.17) is 20.3 Å². The van der Waals surface area contributed by atoms with E-state index in [1.54, 1.807) is 15.7 Å². The molecule has 2 N–H and O–H groups in total. The molecule has 2 saturated heterocycles. The molecule has 0 bridgehead atoms. The zero-order valence-electron chi connectivity index (χ0n) is 25.9. The van der Waals surface area contributed by atoms with Crippen LogP contribution in [0.15, 0.2) is 54.4 Å². The van der Waals surface area contributed by atoms with E-state index in [0.717, 1.165) is 12.1 Å². The largest absolute Gasteiger partial charge is 0.454 e. The standard InChI is InChI=1S/C33H33F3N8O3/c1-33(2,43-11-13-46-14-12-43)16-20(17-37)32(45)42-10-4-5-21(18-42)44-31-27(30(38)39-19-40-31)29(41-44)23-9-8-22(15-25(23)35)47-26-7-3-6-24(34)28(26)36/h3,6-9,15-16,19,21H,4-5,10-14,18H2,1-2H3,(H2,38,39,40)/b20-16+/t21-/m0/s1. The van der Waals surface area contributed by atoms with E-state index in [2.05, 4.69) is 20.9 Å². The van der Waals surface area contributed by atoms with Crippen molar-refractivity contribution in [2.45, 2.75) is 38.3 Å². The number of likely N-dealkylation sites (tertiary alicyclic amines) is 1. The molecule has 244 valence electrons. The van der Waals surface area contributed by atoms with E-state index < -0.39 is 23.0 Å². The molecule has 11 nitrogen and oxygen atoms in total. The number of nitrogen functional groups attached to an aromatic ring is 1. The molecule has 0 radical (unpaired) electrons. The molecule has 2 aromatic carbocycles. The quantitative estimate of drug-likeness (QED) is 0.217. The topological polar surface area (TPSA) is 135 Å².